The van der Waals surface area contributed by atoms with Crippen LogP contribution in [-0.2, 0) is 0 Å². The fraction of sp³-hybridized carbons (Fsp3) is 0.231. The largest absolute Gasteiger partial charge is 0.361 e. The molecular weight excluding hydrogens is 296 g/mol. The monoisotopic (exact) mass is 308 g/mol. The highest BCUT2D eigenvalue weighted by atomic mass is 79.9. The first-order valence-corrected chi connectivity index (χ1v) is 6.28. The molecular formula is C13H13BrN2O2. The lowest BCUT2D eigenvalue weighted by Gasteiger charge is -2.05. The van der Waals surface area contributed by atoms with Crippen molar-refractivity contribution in [2.24, 2.45) is 0 Å². The summed E-state index contributed by atoms with van der Waals surface area (Å²) in [6, 6.07) is 5.62. The standard InChI is InChI=1S/C13H13BrN2O2/c1-7-6-10(4-5-11(7)14)15-13(17)12-8(2)9(3)18-16-12/h4-6H,1-3H3,(H,15,17). The summed E-state index contributed by atoms with van der Waals surface area (Å²) in [5, 5.41) is 6.55. The molecule has 4 nitrogen and oxygen atoms in total. The molecule has 0 saturated heterocycles. The zero-order valence-corrected chi connectivity index (χ0v) is 12.0. The quantitative estimate of drug-likeness (QED) is 0.922. The van der Waals surface area contributed by atoms with E-state index < -0.39 is 0 Å². The Kier molecular flexibility index (Phi) is 3.52. The summed E-state index contributed by atoms with van der Waals surface area (Å²) >= 11 is 3.42. The fourth-order valence-electron chi connectivity index (χ4n) is 1.54. The summed E-state index contributed by atoms with van der Waals surface area (Å²) in [4.78, 5) is 12.0. The Morgan fingerprint density at radius 1 is 1.33 bits per heavy atom. The van der Waals surface area contributed by atoms with Crippen molar-refractivity contribution in [1.82, 2.24) is 5.16 Å². The number of carbonyl (C=O) groups excluding carboxylic acids is 1. The third kappa shape index (κ3) is 2.46. The molecule has 1 aromatic carbocycles. The lowest BCUT2D eigenvalue weighted by atomic mass is 10.2. The molecule has 1 amide bonds. The number of benzene rings is 1. The number of hydrogen-bond acceptors (Lipinski definition) is 3. The average Bonchev–Trinajstić information content (AvgIpc) is 2.65. The minimum atomic E-state index is -0.258. The second-order valence-corrected chi connectivity index (χ2v) is 4.98. The molecule has 94 valence electrons. The molecule has 0 unspecified atom stereocenters. The van der Waals surface area contributed by atoms with Gasteiger partial charge in [-0.3, -0.25) is 4.79 Å². The van der Waals surface area contributed by atoms with E-state index in [-0.39, 0.29) is 5.91 Å². The van der Waals surface area contributed by atoms with Gasteiger partial charge in [0.2, 0.25) is 0 Å². The molecule has 0 aliphatic heterocycles. The number of rotatable bonds is 2. The Balaban J connectivity index is 2.21. The van der Waals surface area contributed by atoms with Crippen molar-refractivity contribution in [1.29, 1.82) is 0 Å². The van der Waals surface area contributed by atoms with Gasteiger partial charge in [0, 0.05) is 15.7 Å². The molecule has 1 heterocycles. The average molecular weight is 309 g/mol. The van der Waals surface area contributed by atoms with E-state index in [4.69, 9.17) is 4.52 Å². The van der Waals surface area contributed by atoms with E-state index in [2.05, 4.69) is 26.4 Å². The molecule has 0 aliphatic carbocycles. The van der Waals surface area contributed by atoms with Gasteiger partial charge in [-0.1, -0.05) is 21.1 Å². The molecule has 0 spiro atoms. The number of amides is 1. The third-order valence-electron chi connectivity index (χ3n) is 2.79. The van der Waals surface area contributed by atoms with E-state index in [0.29, 0.717) is 11.5 Å². The van der Waals surface area contributed by atoms with Crippen molar-refractivity contribution in [2.45, 2.75) is 20.8 Å². The second kappa shape index (κ2) is 4.94. The number of aryl methyl sites for hydroxylation is 2. The Morgan fingerprint density at radius 2 is 2.06 bits per heavy atom. The zero-order chi connectivity index (χ0) is 13.3. The van der Waals surface area contributed by atoms with E-state index in [1.54, 1.807) is 6.92 Å². The van der Waals surface area contributed by atoms with Crippen molar-refractivity contribution in [3.8, 4) is 0 Å². The molecule has 2 rings (SSSR count). The highest BCUT2D eigenvalue weighted by Gasteiger charge is 2.16. The van der Waals surface area contributed by atoms with Crippen LogP contribution in [0.1, 0.15) is 27.4 Å². The van der Waals surface area contributed by atoms with Crippen LogP contribution < -0.4 is 5.32 Å². The van der Waals surface area contributed by atoms with Crippen LogP contribution in [0.4, 0.5) is 5.69 Å². The molecule has 0 bridgehead atoms. The minimum Gasteiger partial charge on any atom is -0.361 e. The third-order valence-corrected chi connectivity index (χ3v) is 3.68. The predicted octanol–water partition coefficient (Wildman–Crippen LogP) is 3.61. The summed E-state index contributed by atoms with van der Waals surface area (Å²) in [6.07, 6.45) is 0. The highest BCUT2D eigenvalue weighted by Crippen LogP contribution is 2.21. The SMILES string of the molecule is Cc1cc(NC(=O)c2noc(C)c2C)ccc1Br. The first kappa shape index (κ1) is 12.8. The van der Waals surface area contributed by atoms with Crippen LogP contribution in [0.5, 0.6) is 0 Å². The van der Waals surface area contributed by atoms with Gasteiger partial charge >= 0.3 is 0 Å². The van der Waals surface area contributed by atoms with Gasteiger partial charge in [0.25, 0.3) is 5.91 Å². The van der Waals surface area contributed by atoms with Gasteiger partial charge in [0.1, 0.15) is 5.76 Å². The van der Waals surface area contributed by atoms with Crippen molar-refractivity contribution in [3.63, 3.8) is 0 Å². The molecule has 0 radical (unpaired) electrons. The van der Waals surface area contributed by atoms with Gasteiger partial charge in [-0.2, -0.15) is 0 Å². The molecule has 0 fully saturated rings. The molecule has 0 atom stereocenters. The summed E-state index contributed by atoms with van der Waals surface area (Å²) in [5.41, 5.74) is 2.89. The van der Waals surface area contributed by atoms with E-state index in [9.17, 15) is 4.79 Å². The van der Waals surface area contributed by atoms with Crippen LogP contribution in [0.3, 0.4) is 0 Å². The van der Waals surface area contributed by atoms with Crippen molar-refractivity contribution in [2.75, 3.05) is 5.32 Å². The number of hydrogen-bond donors (Lipinski definition) is 1. The fourth-order valence-corrected chi connectivity index (χ4v) is 1.79. The normalized spacial score (nSPS) is 10.4. The number of nitrogens with one attached hydrogen (secondary N) is 1. The maximum absolute atomic E-state index is 12.0. The smallest absolute Gasteiger partial charge is 0.278 e. The van der Waals surface area contributed by atoms with Gasteiger partial charge in [-0.05, 0) is 44.5 Å². The van der Waals surface area contributed by atoms with Crippen LogP contribution in [-0.4, -0.2) is 11.1 Å². The van der Waals surface area contributed by atoms with Crippen LogP contribution >= 0.6 is 15.9 Å². The summed E-state index contributed by atoms with van der Waals surface area (Å²) in [7, 11) is 0. The summed E-state index contributed by atoms with van der Waals surface area (Å²) < 4.78 is 5.99. The van der Waals surface area contributed by atoms with Crippen molar-refractivity contribution < 1.29 is 9.32 Å². The van der Waals surface area contributed by atoms with Crippen LogP contribution in [0, 0.1) is 20.8 Å². The van der Waals surface area contributed by atoms with Gasteiger partial charge in [0.15, 0.2) is 5.69 Å². The van der Waals surface area contributed by atoms with Crippen LogP contribution in [0.25, 0.3) is 0 Å². The number of nitrogens with zero attached hydrogens (tertiary/aromatic N) is 1. The van der Waals surface area contributed by atoms with Crippen LogP contribution in [0.15, 0.2) is 27.2 Å². The molecule has 0 saturated carbocycles. The number of halogens is 1. The van der Waals surface area contributed by atoms with Crippen molar-refractivity contribution in [3.05, 3.63) is 45.3 Å². The summed E-state index contributed by atoms with van der Waals surface area (Å²) in [6.45, 7) is 5.56. The van der Waals surface area contributed by atoms with E-state index in [1.807, 2.05) is 32.0 Å². The lowest BCUT2D eigenvalue weighted by Crippen LogP contribution is -2.13. The minimum absolute atomic E-state index is 0.258. The maximum Gasteiger partial charge on any atom is 0.278 e. The Hall–Kier alpha value is -1.62. The zero-order valence-electron chi connectivity index (χ0n) is 10.4. The maximum atomic E-state index is 12.0. The Bertz CT molecular complexity index is 605. The Morgan fingerprint density at radius 3 is 2.61 bits per heavy atom. The summed E-state index contributed by atoms with van der Waals surface area (Å²) in [5.74, 6) is 0.401. The molecule has 0 aliphatic rings. The van der Waals surface area contributed by atoms with E-state index in [1.165, 1.54) is 0 Å². The molecule has 5 heteroatoms. The van der Waals surface area contributed by atoms with Gasteiger partial charge in [0.05, 0.1) is 0 Å². The molecule has 18 heavy (non-hydrogen) atoms. The molecule has 1 aromatic heterocycles. The van der Waals surface area contributed by atoms with E-state index in [0.717, 1.165) is 21.3 Å². The second-order valence-electron chi connectivity index (χ2n) is 4.13. The Labute approximate surface area is 113 Å². The first-order chi connectivity index (χ1) is 8.49. The predicted molar refractivity (Wildman–Crippen MR) is 72.8 cm³/mol. The molecule has 1 N–H and O–H groups in total. The number of carbonyl (C=O) groups is 1. The number of anilines is 1. The first-order valence-electron chi connectivity index (χ1n) is 5.49. The van der Waals surface area contributed by atoms with Gasteiger partial charge < -0.3 is 9.84 Å². The topological polar surface area (TPSA) is 55.1 Å². The van der Waals surface area contributed by atoms with Crippen molar-refractivity contribution >= 4 is 27.5 Å². The number of aromatic nitrogens is 1. The molecule has 2 aromatic rings. The van der Waals surface area contributed by atoms with E-state index >= 15 is 0 Å². The highest BCUT2D eigenvalue weighted by molar-refractivity contribution is 9.10. The van der Waals surface area contributed by atoms with Gasteiger partial charge in [-0.15, -0.1) is 0 Å². The lowest BCUT2D eigenvalue weighted by molar-refractivity contribution is 0.101. The van der Waals surface area contributed by atoms with Gasteiger partial charge in [-0.25, -0.2) is 0 Å². The van der Waals surface area contributed by atoms with Crippen LogP contribution in [0.2, 0.25) is 0 Å².